The van der Waals surface area contributed by atoms with Crippen molar-refractivity contribution >= 4 is 29.2 Å². The summed E-state index contributed by atoms with van der Waals surface area (Å²) in [6, 6.07) is -1.11. The number of hydrogen-bond donors (Lipinski definition) is 3. The molecule has 2 saturated heterocycles. The molecule has 0 spiro atoms. The number of ether oxygens (including phenoxy) is 5. The van der Waals surface area contributed by atoms with Crippen LogP contribution in [0.25, 0.3) is 0 Å². The summed E-state index contributed by atoms with van der Waals surface area (Å²) in [7, 11) is 4.67. The fourth-order valence-corrected chi connectivity index (χ4v) is 9.44. The minimum Gasteiger partial charge on any atom is -0.460 e. The molecule has 0 bridgehead atoms. The molecule has 1 saturated carbocycles. The van der Waals surface area contributed by atoms with Crippen molar-refractivity contribution in [1.29, 1.82) is 0 Å². The first-order valence-electron chi connectivity index (χ1n) is 23.8. The zero-order chi connectivity index (χ0) is 48.4. The number of amides is 1. The Balaban J connectivity index is 1.73. The molecule has 1 amide bonds. The highest BCUT2D eigenvalue weighted by Gasteiger charge is 2.53. The molecule has 2 unspecified atom stereocenters. The number of piperidine rings is 1. The van der Waals surface area contributed by atoms with Crippen LogP contribution in [0.15, 0.2) is 47.6 Å². The van der Waals surface area contributed by atoms with Crippen molar-refractivity contribution in [1.82, 2.24) is 4.90 Å². The van der Waals surface area contributed by atoms with E-state index >= 15 is 0 Å². The average Bonchev–Trinajstić information content (AvgIpc) is 3.28. The third-order valence-corrected chi connectivity index (χ3v) is 13.8. The zero-order valence-corrected chi connectivity index (χ0v) is 40.9. The number of rotatable bonds is 25. The topological polar surface area (TPSA) is 195 Å². The molecule has 65 heavy (non-hydrogen) atoms. The molecule has 2 aliphatic heterocycles. The second kappa shape index (κ2) is 27.4. The second-order valence-corrected chi connectivity index (χ2v) is 19.3. The SMILES string of the molecule is COCC(=O)[C@H](C)C[C@H](C)C=CC=CC=C(C)[C@H](C[C@@H]1CC[C@@H](C)[C@](O)(C(=O)C(=O)N2CCCC[C@H]2C(=O)OC(CC(=O)C(C)=CC(C)CO)[C@H](C)C[C@@H]2CC[C@@H](O)[C@H](OC)C2)O1)OC. The van der Waals surface area contributed by atoms with Crippen molar-refractivity contribution in [3.8, 4) is 0 Å². The number of hydrogen-bond acceptors (Lipinski definition) is 13. The lowest BCUT2D eigenvalue weighted by Crippen LogP contribution is -2.61. The van der Waals surface area contributed by atoms with Crippen LogP contribution < -0.4 is 0 Å². The number of methoxy groups -OCH3 is 3. The van der Waals surface area contributed by atoms with Crippen molar-refractivity contribution in [3.05, 3.63) is 47.6 Å². The molecular formula is C51H81NO13. The average molecular weight is 916 g/mol. The maximum atomic E-state index is 14.2. The zero-order valence-electron chi connectivity index (χ0n) is 40.9. The number of allylic oxidation sites excluding steroid dienone is 6. The van der Waals surface area contributed by atoms with Crippen LogP contribution in [0.4, 0.5) is 0 Å². The molecule has 0 aromatic heterocycles. The van der Waals surface area contributed by atoms with Crippen LogP contribution in [0.2, 0.25) is 0 Å². The molecule has 14 nitrogen and oxygen atoms in total. The Labute approximate surface area is 388 Å². The predicted octanol–water partition coefficient (Wildman–Crippen LogP) is 6.43. The fraction of sp³-hybridized carbons (Fsp3) is 0.745. The van der Waals surface area contributed by atoms with Gasteiger partial charge in [0.15, 0.2) is 11.6 Å². The number of esters is 1. The largest absolute Gasteiger partial charge is 0.460 e. The van der Waals surface area contributed by atoms with Gasteiger partial charge in [-0.3, -0.25) is 19.2 Å². The van der Waals surface area contributed by atoms with E-state index in [0.717, 1.165) is 18.4 Å². The van der Waals surface area contributed by atoms with Gasteiger partial charge >= 0.3 is 5.97 Å². The van der Waals surface area contributed by atoms with Gasteiger partial charge in [0.2, 0.25) is 5.79 Å². The number of Topliss-reactive ketones (excluding diaryl/α,β-unsaturated/α-hetero) is 3. The molecule has 1 aliphatic carbocycles. The summed E-state index contributed by atoms with van der Waals surface area (Å²) in [6.45, 7) is 13.0. The number of carbonyl (C=O) groups is 5. The number of ketones is 3. The molecular weight excluding hydrogens is 835 g/mol. The van der Waals surface area contributed by atoms with Gasteiger partial charge in [0.1, 0.15) is 18.8 Å². The molecule has 0 radical (unpaired) electrons. The van der Waals surface area contributed by atoms with Crippen LogP contribution in [0, 0.1) is 35.5 Å². The first kappa shape index (κ1) is 56.0. The number of aliphatic hydroxyl groups excluding tert-OH is 2. The molecule has 14 heteroatoms. The van der Waals surface area contributed by atoms with E-state index in [4.69, 9.17) is 23.7 Å². The van der Waals surface area contributed by atoms with E-state index in [0.29, 0.717) is 56.9 Å². The van der Waals surface area contributed by atoms with E-state index < -0.39 is 59.8 Å². The summed E-state index contributed by atoms with van der Waals surface area (Å²) in [5, 5.41) is 31.9. The summed E-state index contributed by atoms with van der Waals surface area (Å²) in [5.41, 5.74) is 1.34. The highest BCUT2D eigenvalue weighted by Crippen LogP contribution is 2.37. The predicted molar refractivity (Wildman–Crippen MR) is 247 cm³/mol. The lowest BCUT2D eigenvalue weighted by molar-refractivity contribution is -0.265. The van der Waals surface area contributed by atoms with Gasteiger partial charge in [-0.1, -0.05) is 71.1 Å². The summed E-state index contributed by atoms with van der Waals surface area (Å²) >= 11 is 0. The third-order valence-electron chi connectivity index (χ3n) is 13.8. The van der Waals surface area contributed by atoms with E-state index in [9.17, 15) is 39.3 Å². The van der Waals surface area contributed by atoms with Gasteiger partial charge in [-0.05, 0) is 113 Å². The Hall–Kier alpha value is -3.37. The number of carbonyl (C=O) groups excluding carboxylic acids is 5. The van der Waals surface area contributed by atoms with Crippen LogP contribution in [-0.4, -0.2) is 133 Å². The molecule has 368 valence electrons. The summed E-state index contributed by atoms with van der Waals surface area (Å²) in [5.74, 6) is -6.41. The molecule has 3 rings (SSSR count). The van der Waals surface area contributed by atoms with E-state index in [1.165, 1.54) is 12.0 Å². The summed E-state index contributed by atoms with van der Waals surface area (Å²) in [4.78, 5) is 69.4. The van der Waals surface area contributed by atoms with Crippen LogP contribution in [0.1, 0.15) is 126 Å². The minimum atomic E-state index is -2.43. The molecule has 13 atom stereocenters. The Kier molecular flexibility index (Phi) is 23.6. The van der Waals surface area contributed by atoms with Crippen LogP contribution in [-0.2, 0) is 47.7 Å². The van der Waals surface area contributed by atoms with Gasteiger partial charge in [0.25, 0.3) is 11.7 Å². The van der Waals surface area contributed by atoms with Crippen molar-refractivity contribution in [3.63, 3.8) is 0 Å². The normalized spacial score (nSPS) is 28.7. The van der Waals surface area contributed by atoms with Crippen molar-refractivity contribution in [2.24, 2.45) is 35.5 Å². The first-order valence-corrected chi connectivity index (χ1v) is 23.8. The number of aliphatic hydroxyl groups is 3. The van der Waals surface area contributed by atoms with Crippen LogP contribution in [0.5, 0.6) is 0 Å². The highest BCUT2D eigenvalue weighted by atomic mass is 16.6. The smallest absolute Gasteiger partial charge is 0.329 e. The Morgan fingerprint density at radius 3 is 2.29 bits per heavy atom. The Bertz CT molecular complexity index is 1690. The second-order valence-electron chi connectivity index (χ2n) is 19.3. The molecule has 0 aromatic carbocycles. The monoisotopic (exact) mass is 916 g/mol. The molecule has 2 heterocycles. The van der Waals surface area contributed by atoms with E-state index in [-0.39, 0.29) is 79.9 Å². The van der Waals surface area contributed by atoms with Gasteiger partial charge in [-0.15, -0.1) is 0 Å². The van der Waals surface area contributed by atoms with Crippen molar-refractivity contribution in [2.45, 2.75) is 168 Å². The van der Waals surface area contributed by atoms with Crippen molar-refractivity contribution in [2.75, 3.05) is 41.1 Å². The number of nitrogens with zero attached hydrogens (tertiary/aromatic N) is 1. The third kappa shape index (κ3) is 16.7. The maximum Gasteiger partial charge on any atom is 0.329 e. The highest BCUT2D eigenvalue weighted by molar-refractivity contribution is 6.39. The minimum absolute atomic E-state index is 0.0814. The first-order chi connectivity index (χ1) is 30.8. The quantitative estimate of drug-likeness (QED) is 0.0393. The molecule has 3 aliphatic rings. The summed E-state index contributed by atoms with van der Waals surface area (Å²) in [6.07, 6.45) is 14.5. The summed E-state index contributed by atoms with van der Waals surface area (Å²) < 4.78 is 28.6. The van der Waals surface area contributed by atoms with E-state index in [1.54, 1.807) is 41.1 Å². The standard InChI is InChI=1S/C51H81NO13/c1-32(24-36(5)44(56)31-61-8)16-12-11-13-17-34(3)45(62-9)28-40-21-19-38(7)51(60,65-40)48(57)49(58)52-23-15-14-18-41(52)50(59)64-46(29-43(55)35(4)25-33(2)30-53)37(6)26-39-20-22-42(54)47(27-39)63-10/h11-13,16-17,25,32-33,36-42,45-47,53-54,60H,14-15,18-24,26-31H2,1-10H3/t32-,33?,36-,37-,38-,39+,40+,41+,42-,45+,46?,47-,51-/m1/s1. The fourth-order valence-electron chi connectivity index (χ4n) is 9.44. The number of likely N-dealkylation sites (tertiary alicyclic amines) is 1. The van der Waals surface area contributed by atoms with Crippen molar-refractivity contribution < 1.29 is 63.0 Å². The van der Waals surface area contributed by atoms with Gasteiger partial charge in [-0.2, -0.15) is 0 Å². The van der Waals surface area contributed by atoms with Gasteiger partial charge in [-0.25, -0.2) is 4.79 Å². The lowest BCUT2D eigenvalue weighted by atomic mass is 9.78. The molecule has 3 N–H and O–H groups in total. The van der Waals surface area contributed by atoms with Crippen LogP contribution in [0.3, 0.4) is 0 Å². The maximum absolute atomic E-state index is 14.2. The van der Waals surface area contributed by atoms with Gasteiger partial charge in [0.05, 0.1) is 24.4 Å². The Morgan fingerprint density at radius 2 is 1.63 bits per heavy atom. The van der Waals surface area contributed by atoms with Crippen LogP contribution >= 0.6 is 0 Å². The molecule has 0 aromatic rings. The van der Waals surface area contributed by atoms with Gasteiger partial charge in [0, 0.05) is 59.2 Å². The van der Waals surface area contributed by atoms with E-state index in [2.05, 4.69) is 6.92 Å². The molecule has 3 fully saturated rings. The van der Waals surface area contributed by atoms with Gasteiger partial charge < -0.3 is 43.9 Å². The van der Waals surface area contributed by atoms with E-state index in [1.807, 2.05) is 51.2 Å². The lowest BCUT2D eigenvalue weighted by Gasteiger charge is -2.42. The Morgan fingerprint density at radius 1 is 0.908 bits per heavy atom.